The van der Waals surface area contributed by atoms with E-state index in [1.165, 1.54) is 12.0 Å². The summed E-state index contributed by atoms with van der Waals surface area (Å²) in [5.74, 6) is 0.619. The van der Waals surface area contributed by atoms with Crippen LogP contribution in [-0.4, -0.2) is 26.0 Å². The smallest absolute Gasteiger partial charge is 0.174 e. The van der Waals surface area contributed by atoms with Crippen LogP contribution in [0.15, 0.2) is 24.3 Å². The summed E-state index contributed by atoms with van der Waals surface area (Å²) in [5.41, 5.74) is 2.50. The molecule has 1 N–H and O–H groups in total. The Morgan fingerprint density at radius 3 is 2.05 bits per heavy atom. The minimum absolute atomic E-state index is 0.177. The molecule has 0 bridgehead atoms. The lowest BCUT2D eigenvalue weighted by Crippen LogP contribution is -2.26. The molecule has 1 atom stereocenters. The molecular formula is C16H27NO2. The van der Waals surface area contributed by atoms with Crippen molar-refractivity contribution in [2.45, 2.75) is 46.3 Å². The van der Waals surface area contributed by atoms with Crippen molar-refractivity contribution < 1.29 is 9.47 Å². The molecule has 0 spiro atoms. The Balaban J connectivity index is 2.48. The van der Waals surface area contributed by atoms with Crippen molar-refractivity contribution in [1.29, 1.82) is 0 Å². The molecule has 1 rings (SSSR count). The standard InChI is InChI=1S/C16H27NO2/c1-5-13(4)14-8-10-15(11-9-14)17-12-16(18-6-2)19-7-3/h8-11,13,16-17H,5-7,12H2,1-4H3. The van der Waals surface area contributed by atoms with Gasteiger partial charge in [0, 0.05) is 18.9 Å². The van der Waals surface area contributed by atoms with Crippen LogP contribution in [-0.2, 0) is 9.47 Å². The summed E-state index contributed by atoms with van der Waals surface area (Å²) in [7, 11) is 0. The van der Waals surface area contributed by atoms with Gasteiger partial charge in [0.05, 0.1) is 6.54 Å². The Morgan fingerprint density at radius 2 is 1.58 bits per heavy atom. The second-order valence-corrected chi connectivity index (χ2v) is 4.65. The Kier molecular flexibility index (Phi) is 7.53. The Labute approximate surface area is 117 Å². The molecule has 3 nitrogen and oxygen atoms in total. The first kappa shape index (κ1) is 16.0. The second-order valence-electron chi connectivity index (χ2n) is 4.65. The summed E-state index contributed by atoms with van der Waals surface area (Å²) in [6, 6.07) is 8.62. The van der Waals surface area contributed by atoms with Gasteiger partial charge < -0.3 is 14.8 Å². The van der Waals surface area contributed by atoms with Gasteiger partial charge in [-0.15, -0.1) is 0 Å². The van der Waals surface area contributed by atoms with Gasteiger partial charge in [-0.25, -0.2) is 0 Å². The van der Waals surface area contributed by atoms with Crippen molar-refractivity contribution in [2.24, 2.45) is 0 Å². The zero-order valence-corrected chi connectivity index (χ0v) is 12.6. The first-order chi connectivity index (χ1) is 9.21. The quantitative estimate of drug-likeness (QED) is 0.684. The molecule has 1 unspecified atom stereocenters. The van der Waals surface area contributed by atoms with Crippen molar-refractivity contribution in [3.05, 3.63) is 29.8 Å². The Morgan fingerprint density at radius 1 is 1.00 bits per heavy atom. The molecule has 108 valence electrons. The highest BCUT2D eigenvalue weighted by molar-refractivity contribution is 5.45. The molecule has 0 aromatic heterocycles. The van der Waals surface area contributed by atoms with Gasteiger partial charge in [-0.1, -0.05) is 26.0 Å². The van der Waals surface area contributed by atoms with E-state index >= 15 is 0 Å². The number of hydrogen-bond donors (Lipinski definition) is 1. The normalized spacial score (nSPS) is 12.7. The predicted molar refractivity (Wildman–Crippen MR) is 80.7 cm³/mol. The van der Waals surface area contributed by atoms with E-state index in [0.29, 0.717) is 25.7 Å². The molecule has 3 heteroatoms. The van der Waals surface area contributed by atoms with Gasteiger partial charge in [-0.05, 0) is 43.9 Å². The lowest BCUT2D eigenvalue weighted by molar-refractivity contribution is -0.126. The summed E-state index contributed by atoms with van der Waals surface area (Å²) >= 11 is 0. The molecule has 0 fully saturated rings. The molecule has 0 saturated heterocycles. The van der Waals surface area contributed by atoms with E-state index in [4.69, 9.17) is 9.47 Å². The Hall–Kier alpha value is -1.06. The maximum Gasteiger partial charge on any atom is 0.174 e. The fourth-order valence-electron chi connectivity index (χ4n) is 1.90. The molecular weight excluding hydrogens is 238 g/mol. The van der Waals surface area contributed by atoms with Crippen LogP contribution in [0.4, 0.5) is 5.69 Å². The molecule has 1 aromatic rings. The summed E-state index contributed by atoms with van der Waals surface area (Å²) < 4.78 is 11.0. The summed E-state index contributed by atoms with van der Waals surface area (Å²) in [6.45, 7) is 10.4. The van der Waals surface area contributed by atoms with E-state index in [1.54, 1.807) is 0 Å². The molecule has 0 saturated carbocycles. The van der Waals surface area contributed by atoms with Crippen LogP contribution < -0.4 is 5.32 Å². The van der Waals surface area contributed by atoms with Crippen LogP contribution in [0.2, 0.25) is 0 Å². The largest absolute Gasteiger partial charge is 0.380 e. The first-order valence-electron chi connectivity index (χ1n) is 7.28. The average Bonchev–Trinajstić information content (AvgIpc) is 2.45. The third-order valence-electron chi connectivity index (χ3n) is 3.27. The van der Waals surface area contributed by atoms with E-state index in [1.807, 2.05) is 13.8 Å². The van der Waals surface area contributed by atoms with Crippen molar-refractivity contribution in [3.8, 4) is 0 Å². The van der Waals surface area contributed by atoms with Crippen molar-refractivity contribution in [3.63, 3.8) is 0 Å². The summed E-state index contributed by atoms with van der Waals surface area (Å²) in [4.78, 5) is 0. The average molecular weight is 265 g/mol. The maximum atomic E-state index is 5.50. The maximum absolute atomic E-state index is 5.50. The van der Waals surface area contributed by atoms with Crippen molar-refractivity contribution >= 4 is 5.69 Å². The Bertz CT molecular complexity index is 331. The van der Waals surface area contributed by atoms with Gasteiger partial charge in [-0.2, -0.15) is 0 Å². The van der Waals surface area contributed by atoms with E-state index in [9.17, 15) is 0 Å². The van der Waals surface area contributed by atoms with E-state index < -0.39 is 0 Å². The van der Waals surface area contributed by atoms with Crippen LogP contribution in [0.5, 0.6) is 0 Å². The SMILES string of the molecule is CCOC(CNc1ccc(C(C)CC)cc1)OCC. The van der Waals surface area contributed by atoms with E-state index in [0.717, 1.165) is 5.69 Å². The fourth-order valence-corrected chi connectivity index (χ4v) is 1.90. The molecule has 0 heterocycles. The summed E-state index contributed by atoms with van der Waals surface area (Å²) in [5, 5.41) is 3.35. The number of hydrogen-bond acceptors (Lipinski definition) is 3. The van der Waals surface area contributed by atoms with Crippen LogP contribution in [0, 0.1) is 0 Å². The van der Waals surface area contributed by atoms with Gasteiger partial charge in [0.2, 0.25) is 0 Å². The number of nitrogens with one attached hydrogen (secondary N) is 1. The van der Waals surface area contributed by atoms with Gasteiger partial charge in [0.25, 0.3) is 0 Å². The molecule has 0 aliphatic heterocycles. The number of anilines is 1. The molecule has 19 heavy (non-hydrogen) atoms. The number of ether oxygens (including phenoxy) is 2. The lowest BCUT2D eigenvalue weighted by atomic mass is 9.99. The van der Waals surface area contributed by atoms with Gasteiger partial charge in [-0.3, -0.25) is 0 Å². The lowest BCUT2D eigenvalue weighted by Gasteiger charge is -2.18. The van der Waals surface area contributed by atoms with Crippen LogP contribution >= 0.6 is 0 Å². The third kappa shape index (κ3) is 5.62. The zero-order chi connectivity index (χ0) is 14.1. The highest BCUT2D eigenvalue weighted by Gasteiger charge is 2.07. The minimum atomic E-state index is -0.177. The van der Waals surface area contributed by atoms with Gasteiger partial charge >= 0.3 is 0 Å². The number of benzene rings is 1. The molecule has 0 aliphatic carbocycles. The monoisotopic (exact) mass is 265 g/mol. The molecule has 1 aromatic carbocycles. The molecule has 0 radical (unpaired) electrons. The van der Waals surface area contributed by atoms with Gasteiger partial charge in [0.1, 0.15) is 0 Å². The topological polar surface area (TPSA) is 30.5 Å². The highest BCUT2D eigenvalue weighted by atomic mass is 16.7. The zero-order valence-electron chi connectivity index (χ0n) is 12.6. The second kappa shape index (κ2) is 8.94. The van der Waals surface area contributed by atoms with Gasteiger partial charge in [0.15, 0.2) is 6.29 Å². The highest BCUT2D eigenvalue weighted by Crippen LogP contribution is 2.20. The molecule has 0 aliphatic rings. The fraction of sp³-hybridized carbons (Fsp3) is 0.625. The van der Waals surface area contributed by atoms with Crippen LogP contribution in [0.3, 0.4) is 0 Å². The van der Waals surface area contributed by atoms with E-state index in [-0.39, 0.29) is 6.29 Å². The van der Waals surface area contributed by atoms with E-state index in [2.05, 4.69) is 43.4 Å². The number of rotatable bonds is 9. The van der Waals surface area contributed by atoms with Crippen LogP contribution in [0.1, 0.15) is 45.6 Å². The van der Waals surface area contributed by atoms with Crippen molar-refractivity contribution in [2.75, 3.05) is 25.1 Å². The minimum Gasteiger partial charge on any atom is -0.380 e. The first-order valence-corrected chi connectivity index (χ1v) is 7.28. The summed E-state index contributed by atoms with van der Waals surface area (Å²) in [6.07, 6.45) is 0.994. The molecule has 0 amide bonds. The predicted octanol–water partition coefficient (Wildman–Crippen LogP) is 4.01. The van der Waals surface area contributed by atoms with Crippen LogP contribution in [0.25, 0.3) is 0 Å². The van der Waals surface area contributed by atoms with Crippen molar-refractivity contribution in [1.82, 2.24) is 0 Å². The third-order valence-corrected chi connectivity index (χ3v) is 3.27.